The molecule has 4 aromatic rings. The third-order valence-corrected chi connectivity index (χ3v) is 10.4. The number of aromatic nitrogens is 4. The monoisotopic (exact) mass is 814 g/mol. The van der Waals surface area contributed by atoms with Crippen molar-refractivity contribution in [2.75, 3.05) is 7.05 Å². The van der Waals surface area contributed by atoms with Crippen molar-refractivity contribution < 1.29 is 14.3 Å². The Morgan fingerprint density at radius 1 is 0.843 bits per heavy atom. The number of allylic oxidation sites excluding steroid dienone is 5. The third-order valence-electron chi connectivity index (χ3n) is 9.45. The van der Waals surface area contributed by atoms with E-state index in [-0.39, 0.29) is 6.03 Å². The first-order valence-electron chi connectivity index (χ1n) is 17.9. The molecule has 0 aliphatic heterocycles. The number of rotatable bonds is 5. The van der Waals surface area contributed by atoms with E-state index in [2.05, 4.69) is 54.8 Å². The van der Waals surface area contributed by atoms with Gasteiger partial charge < -0.3 is 9.64 Å². The van der Waals surface area contributed by atoms with Gasteiger partial charge in [0.25, 0.3) is 0 Å². The summed E-state index contributed by atoms with van der Waals surface area (Å²) in [6, 6.07) is 16.0. The SMILES string of the molecule is CCC1CCCCC1.CN(C(=O)n1cnc(-c2cccc(Br)c2)c1)C1CCCCC1.O=C(OC1=CC=C[C+]=C1)n1cnc(-c2cccc(Br)c2)c1. The number of carbonyl (C=O) groups is 2. The molecule has 0 unspecified atom stereocenters. The summed E-state index contributed by atoms with van der Waals surface area (Å²) < 4.78 is 10.1. The van der Waals surface area contributed by atoms with Crippen LogP contribution >= 0.6 is 31.9 Å². The van der Waals surface area contributed by atoms with E-state index >= 15 is 0 Å². The fourth-order valence-electron chi connectivity index (χ4n) is 6.44. The lowest BCUT2D eigenvalue weighted by Crippen LogP contribution is -2.40. The van der Waals surface area contributed by atoms with Gasteiger partial charge in [-0.25, -0.2) is 24.1 Å². The minimum Gasteiger partial charge on any atom is -0.343 e. The van der Waals surface area contributed by atoms with Crippen molar-refractivity contribution in [1.82, 2.24) is 24.0 Å². The summed E-state index contributed by atoms with van der Waals surface area (Å²) in [5.41, 5.74) is 3.43. The minimum atomic E-state index is -0.511. The number of amides is 1. The van der Waals surface area contributed by atoms with Gasteiger partial charge in [0.05, 0.1) is 23.5 Å². The molecule has 1 amide bonds. The van der Waals surface area contributed by atoms with Crippen LogP contribution in [0.3, 0.4) is 0 Å². The van der Waals surface area contributed by atoms with Gasteiger partial charge in [-0.05, 0) is 43.0 Å². The number of nitrogens with zero attached hydrogens (tertiary/aromatic N) is 5. The third kappa shape index (κ3) is 11.4. The molecule has 2 aromatic carbocycles. The predicted octanol–water partition coefficient (Wildman–Crippen LogP) is 11.6. The predicted molar refractivity (Wildman–Crippen MR) is 210 cm³/mol. The maximum atomic E-state index is 12.6. The lowest BCUT2D eigenvalue weighted by Gasteiger charge is -2.31. The lowest BCUT2D eigenvalue weighted by atomic mass is 9.88. The first-order chi connectivity index (χ1) is 24.8. The molecule has 2 fully saturated rings. The molecule has 51 heavy (non-hydrogen) atoms. The largest absolute Gasteiger partial charge is 0.437 e. The maximum absolute atomic E-state index is 12.6. The van der Waals surface area contributed by atoms with Gasteiger partial charge in [0.2, 0.25) is 5.76 Å². The molecule has 7 rings (SSSR count). The summed E-state index contributed by atoms with van der Waals surface area (Å²) in [4.78, 5) is 35.1. The second kappa shape index (κ2) is 19.5. The maximum Gasteiger partial charge on any atom is 0.437 e. The summed E-state index contributed by atoms with van der Waals surface area (Å²) in [6.45, 7) is 2.32. The van der Waals surface area contributed by atoms with Crippen LogP contribution in [0, 0.1) is 12.0 Å². The Balaban J connectivity index is 0.000000163. The summed E-state index contributed by atoms with van der Waals surface area (Å²) in [5.74, 6) is 1.53. The van der Waals surface area contributed by atoms with Crippen molar-refractivity contribution in [2.24, 2.45) is 5.92 Å². The molecule has 8 nitrogen and oxygen atoms in total. The summed E-state index contributed by atoms with van der Waals surface area (Å²) in [7, 11) is 1.90. The highest BCUT2D eigenvalue weighted by molar-refractivity contribution is 9.10. The molecule has 266 valence electrons. The minimum absolute atomic E-state index is 0.000599. The van der Waals surface area contributed by atoms with Crippen molar-refractivity contribution >= 4 is 44.0 Å². The number of hydrogen-bond donors (Lipinski definition) is 0. The first-order valence-corrected chi connectivity index (χ1v) is 19.4. The van der Waals surface area contributed by atoms with Gasteiger partial charge in [0.15, 0.2) is 0 Å². The standard InChI is InChI=1S/C17H20BrN3O.C16H10BrN2O2.C8H16/c1-20(15-8-3-2-4-9-15)17(22)21-11-16(19-12-21)13-6-5-7-14(18)10-13;17-13-6-4-5-12(9-13)15-10-19(11-18-15)16(20)21-14-7-2-1-3-8-14;1-2-8-6-4-3-5-7-8/h5-7,10-12,15H,2-4,8-9H2,1H3;1-2,4-11H;8H,2-7H2,1H3/q;+1;. The molecule has 0 N–H and O–H groups in total. The van der Waals surface area contributed by atoms with Gasteiger partial charge in [-0.15, -0.1) is 0 Å². The molecule has 3 aliphatic carbocycles. The van der Waals surface area contributed by atoms with Crippen LogP contribution in [0.1, 0.15) is 77.6 Å². The van der Waals surface area contributed by atoms with E-state index in [1.807, 2.05) is 66.7 Å². The Bertz CT molecular complexity index is 1830. The second-order valence-corrected chi connectivity index (χ2v) is 14.9. The van der Waals surface area contributed by atoms with E-state index in [9.17, 15) is 9.59 Å². The molecular weight excluding hydrogens is 770 g/mol. The summed E-state index contributed by atoms with van der Waals surface area (Å²) in [5, 5.41) is 0. The van der Waals surface area contributed by atoms with Crippen LogP contribution in [0.15, 0.2) is 113 Å². The van der Waals surface area contributed by atoms with Crippen LogP contribution in [-0.2, 0) is 4.74 Å². The Hall–Kier alpha value is -4.11. The normalized spacial score (nSPS) is 15.7. The van der Waals surface area contributed by atoms with Crippen LogP contribution in [0.25, 0.3) is 22.5 Å². The average molecular weight is 817 g/mol. The quantitative estimate of drug-likeness (QED) is 0.187. The van der Waals surface area contributed by atoms with E-state index in [4.69, 9.17) is 4.74 Å². The van der Waals surface area contributed by atoms with Crippen LogP contribution in [0.5, 0.6) is 0 Å². The van der Waals surface area contributed by atoms with Gasteiger partial charge in [0, 0.05) is 51.6 Å². The highest BCUT2D eigenvalue weighted by Crippen LogP contribution is 2.26. The molecule has 3 aliphatic rings. The molecule has 10 heteroatoms. The lowest BCUT2D eigenvalue weighted by molar-refractivity contribution is 0.175. The second-order valence-electron chi connectivity index (χ2n) is 13.1. The zero-order valence-electron chi connectivity index (χ0n) is 29.4. The van der Waals surface area contributed by atoms with Crippen molar-refractivity contribution in [3.05, 3.63) is 119 Å². The number of ether oxygens (including phenoxy) is 1. The topological polar surface area (TPSA) is 82.3 Å². The Morgan fingerprint density at radius 2 is 1.41 bits per heavy atom. The zero-order valence-corrected chi connectivity index (χ0v) is 32.6. The van der Waals surface area contributed by atoms with E-state index in [0.29, 0.717) is 17.5 Å². The molecule has 0 radical (unpaired) electrons. The molecule has 0 bridgehead atoms. The molecular formula is C41H46Br2N5O3+. The van der Waals surface area contributed by atoms with E-state index in [1.54, 1.807) is 41.4 Å². The Morgan fingerprint density at radius 3 is 1.94 bits per heavy atom. The number of carbonyl (C=O) groups excluding carboxylic acids is 2. The smallest absolute Gasteiger partial charge is 0.343 e. The fraction of sp³-hybridized carbons (Fsp3) is 0.366. The van der Waals surface area contributed by atoms with Gasteiger partial charge in [-0.3, -0.25) is 4.57 Å². The number of benzene rings is 2. The van der Waals surface area contributed by atoms with E-state index in [0.717, 1.165) is 44.5 Å². The Kier molecular flexibility index (Phi) is 14.6. The van der Waals surface area contributed by atoms with Crippen molar-refractivity contribution in [3.63, 3.8) is 0 Å². The van der Waals surface area contributed by atoms with Gasteiger partial charge >= 0.3 is 12.1 Å². The molecule has 2 aromatic heterocycles. The molecule has 0 atom stereocenters. The molecule has 0 spiro atoms. The van der Waals surface area contributed by atoms with Crippen LogP contribution in [0.4, 0.5) is 9.59 Å². The first kappa shape index (κ1) is 38.1. The zero-order chi connectivity index (χ0) is 36.0. The number of halogens is 2. The van der Waals surface area contributed by atoms with Crippen molar-refractivity contribution in [2.45, 2.75) is 83.6 Å². The highest BCUT2D eigenvalue weighted by Gasteiger charge is 2.23. The van der Waals surface area contributed by atoms with Crippen LogP contribution in [0.2, 0.25) is 0 Å². The van der Waals surface area contributed by atoms with E-state index < -0.39 is 6.09 Å². The fourth-order valence-corrected chi connectivity index (χ4v) is 7.24. The van der Waals surface area contributed by atoms with Crippen molar-refractivity contribution in [1.29, 1.82) is 0 Å². The van der Waals surface area contributed by atoms with Gasteiger partial charge in [-0.1, -0.05) is 121 Å². The summed E-state index contributed by atoms with van der Waals surface area (Å²) >= 11 is 6.87. The van der Waals surface area contributed by atoms with Crippen LogP contribution in [-0.4, -0.2) is 49.2 Å². The van der Waals surface area contributed by atoms with Gasteiger partial charge in [0.1, 0.15) is 24.8 Å². The van der Waals surface area contributed by atoms with E-state index in [1.165, 1.54) is 68.7 Å². The number of imidazole rings is 2. The summed E-state index contributed by atoms with van der Waals surface area (Å²) in [6.07, 6.45) is 30.5. The van der Waals surface area contributed by atoms with Crippen LogP contribution < -0.4 is 0 Å². The average Bonchev–Trinajstić information content (AvgIpc) is 3.88. The molecule has 2 heterocycles. The number of hydrogen-bond acceptors (Lipinski definition) is 5. The molecule has 2 saturated carbocycles. The Labute approximate surface area is 318 Å². The molecule has 0 saturated heterocycles. The van der Waals surface area contributed by atoms with Crippen molar-refractivity contribution in [3.8, 4) is 22.5 Å². The highest BCUT2D eigenvalue weighted by atomic mass is 79.9. The van der Waals surface area contributed by atoms with Gasteiger partial charge in [-0.2, -0.15) is 0 Å².